The summed E-state index contributed by atoms with van der Waals surface area (Å²) in [5.41, 5.74) is 9.73. The predicted octanol–water partition coefficient (Wildman–Crippen LogP) is 1.11. The van der Waals surface area contributed by atoms with Gasteiger partial charge in [-0.05, 0) is 37.1 Å². The molecule has 7 heteroatoms. The molecule has 0 radical (unpaired) electrons. The van der Waals surface area contributed by atoms with Crippen molar-refractivity contribution in [2.24, 2.45) is 5.73 Å². The molecule has 1 heterocycles. The number of benzene rings is 1. The second kappa shape index (κ2) is 6.32. The Labute approximate surface area is 126 Å². The SMILES string of the molecule is NC(=O)Nn1c(CCC(=O)[O-])ccc1-c1ccc(Cl)cc1. The molecule has 0 aliphatic heterocycles. The van der Waals surface area contributed by atoms with E-state index < -0.39 is 12.0 Å². The molecule has 1 aromatic heterocycles. The first-order valence-electron chi connectivity index (χ1n) is 6.20. The van der Waals surface area contributed by atoms with Crippen LogP contribution in [0.25, 0.3) is 11.3 Å². The lowest BCUT2D eigenvalue weighted by molar-refractivity contribution is -0.305. The third-order valence-electron chi connectivity index (χ3n) is 2.91. The maximum absolute atomic E-state index is 11.1. The van der Waals surface area contributed by atoms with E-state index in [1.54, 1.807) is 36.4 Å². The molecule has 21 heavy (non-hydrogen) atoms. The molecule has 0 atom stereocenters. The van der Waals surface area contributed by atoms with Crippen LogP contribution in [0, 0.1) is 0 Å². The lowest BCUT2D eigenvalue weighted by atomic mass is 10.2. The van der Waals surface area contributed by atoms with E-state index in [0.717, 1.165) is 5.56 Å². The second-order valence-corrected chi connectivity index (χ2v) is 4.84. The number of hydrogen-bond donors (Lipinski definition) is 2. The molecule has 2 amide bonds. The van der Waals surface area contributed by atoms with Crippen LogP contribution >= 0.6 is 11.6 Å². The Morgan fingerprint density at radius 3 is 2.43 bits per heavy atom. The van der Waals surface area contributed by atoms with Gasteiger partial charge in [0.15, 0.2) is 0 Å². The quantitative estimate of drug-likeness (QED) is 0.865. The zero-order valence-corrected chi connectivity index (χ0v) is 11.8. The largest absolute Gasteiger partial charge is 0.550 e. The molecule has 110 valence electrons. The first-order chi connectivity index (χ1) is 9.97. The van der Waals surface area contributed by atoms with Crippen LogP contribution in [0.2, 0.25) is 5.02 Å². The fourth-order valence-electron chi connectivity index (χ4n) is 1.99. The molecule has 2 aromatic rings. The number of carbonyl (C=O) groups excluding carboxylic acids is 2. The Hall–Kier alpha value is -2.47. The number of rotatable bonds is 5. The highest BCUT2D eigenvalue weighted by Crippen LogP contribution is 2.24. The van der Waals surface area contributed by atoms with Crippen molar-refractivity contribution in [1.82, 2.24) is 4.68 Å². The molecule has 0 saturated heterocycles. The molecule has 3 N–H and O–H groups in total. The summed E-state index contributed by atoms with van der Waals surface area (Å²) in [4.78, 5) is 21.7. The van der Waals surface area contributed by atoms with Crippen LogP contribution in [-0.2, 0) is 11.2 Å². The van der Waals surface area contributed by atoms with Gasteiger partial charge in [0.25, 0.3) is 0 Å². The zero-order chi connectivity index (χ0) is 15.4. The second-order valence-electron chi connectivity index (χ2n) is 4.40. The first-order valence-corrected chi connectivity index (χ1v) is 6.58. The summed E-state index contributed by atoms with van der Waals surface area (Å²) in [7, 11) is 0. The fraction of sp³-hybridized carbons (Fsp3) is 0.143. The van der Waals surface area contributed by atoms with E-state index in [-0.39, 0.29) is 12.8 Å². The Bertz CT molecular complexity index is 665. The molecule has 6 nitrogen and oxygen atoms in total. The highest BCUT2D eigenvalue weighted by Gasteiger charge is 2.11. The summed E-state index contributed by atoms with van der Waals surface area (Å²) < 4.78 is 1.47. The molecule has 0 aliphatic rings. The topological polar surface area (TPSA) is 100 Å². The van der Waals surface area contributed by atoms with Gasteiger partial charge in [0.05, 0.1) is 5.69 Å². The van der Waals surface area contributed by atoms with Gasteiger partial charge in [-0.3, -0.25) is 4.68 Å². The van der Waals surface area contributed by atoms with Gasteiger partial charge in [0.1, 0.15) is 0 Å². The number of carbonyl (C=O) groups is 2. The third kappa shape index (κ3) is 3.76. The molecule has 0 bridgehead atoms. The van der Waals surface area contributed by atoms with Gasteiger partial charge < -0.3 is 15.6 Å². The number of aliphatic carboxylic acids is 1. The maximum atomic E-state index is 11.1. The number of aryl methyl sites for hydroxylation is 1. The van der Waals surface area contributed by atoms with E-state index in [1.807, 2.05) is 0 Å². The van der Waals surface area contributed by atoms with Crippen LogP contribution in [0.1, 0.15) is 12.1 Å². The summed E-state index contributed by atoms with van der Waals surface area (Å²) in [6.07, 6.45) is 0.0702. The number of urea groups is 1. The number of nitrogens with one attached hydrogen (secondary N) is 1. The Morgan fingerprint density at radius 2 is 1.86 bits per heavy atom. The molecule has 1 aromatic carbocycles. The highest BCUT2D eigenvalue weighted by atomic mass is 35.5. The number of halogens is 1. The van der Waals surface area contributed by atoms with Crippen molar-refractivity contribution >= 4 is 23.6 Å². The number of carboxylic acid groups (broad SMARTS) is 1. The van der Waals surface area contributed by atoms with E-state index in [2.05, 4.69) is 5.43 Å². The van der Waals surface area contributed by atoms with Crippen LogP contribution in [-0.4, -0.2) is 16.7 Å². The fourth-order valence-corrected chi connectivity index (χ4v) is 2.12. The van der Waals surface area contributed by atoms with Crippen molar-refractivity contribution in [3.63, 3.8) is 0 Å². The van der Waals surface area contributed by atoms with E-state index in [0.29, 0.717) is 16.4 Å². The number of carboxylic acids is 1. The average molecular weight is 307 g/mol. The van der Waals surface area contributed by atoms with Gasteiger partial charge in [-0.2, -0.15) is 0 Å². The van der Waals surface area contributed by atoms with Crippen molar-refractivity contribution in [3.8, 4) is 11.3 Å². The minimum Gasteiger partial charge on any atom is -0.550 e. The standard InChI is InChI=1S/C14H14ClN3O3/c15-10-3-1-9(2-4-10)12-7-5-11(6-8-13(19)20)18(12)17-14(16)21/h1-5,7H,6,8H2,(H,19,20)(H3,16,17,21)/p-1. The summed E-state index contributed by atoms with van der Waals surface area (Å²) in [6.45, 7) is 0. The maximum Gasteiger partial charge on any atom is 0.331 e. The van der Waals surface area contributed by atoms with Crippen molar-refractivity contribution in [2.45, 2.75) is 12.8 Å². The van der Waals surface area contributed by atoms with E-state index in [9.17, 15) is 14.7 Å². The van der Waals surface area contributed by atoms with E-state index in [4.69, 9.17) is 17.3 Å². The minimum atomic E-state index is -1.16. The number of hydrogen-bond acceptors (Lipinski definition) is 3. The van der Waals surface area contributed by atoms with Crippen molar-refractivity contribution in [3.05, 3.63) is 47.1 Å². The minimum absolute atomic E-state index is 0.148. The summed E-state index contributed by atoms with van der Waals surface area (Å²) in [5, 5.41) is 11.2. The number of amides is 2. The number of primary amides is 1. The Balaban J connectivity index is 2.38. The monoisotopic (exact) mass is 306 g/mol. The van der Waals surface area contributed by atoms with Crippen LogP contribution in [0.15, 0.2) is 36.4 Å². The first kappa shape index (κ1) is 14.9. The molecular formula is C14H13ClN3O3-. The number of aromatic nitrogens is 1. The number of nitrogens with zero attached hydrogens (tertiary/aromatic N) is 1. The molecule has 2 rings (SSSR count). The molecule has 0 aliphatic carbocycles. The third-order valence-corrected chi connectivity index (χ3v) is 3.16. The Morgan fingerprint density at radius 1 is 1.19 bits per heavy atom. The molecule has 0 spiro atoms. The van der Waals surface area contributed by atoms with E-state index >= 15 is 0 Å². The number of nitrogens with two attached hydrogens (primary N) is 1. The van der Waals surface area contributed by atoms with Gasteiger partial charge in [0, 0.05) is 22.2 Å². The van der Waals surface area contributed by atoms with Crippen LogP contribution in [0.4, 0.5) is 4.79 Å². The van der Waals surface area contributed by atoms with E-state index in [1.165, 1.54) is 4.68 Å². The summed E-state index contributed by atoms with van der Waals surface area (Å²) in [5.74, 6) is -1.16. The smallest absolute Gasteiger partial charge is 0.331 e. The molecule has 0 fully saturated rings. The Kier molecular flexibility index (Phi) is 4.49. The average Bonchev–Trinajstić information content (AvgIpc) is 2.79. The lowest BCUT2D eigenvalue weighted by Gasteiger charge is -2.14. The van der Waals surface area contributed by atoms with Crippen molar-refractivity contribution < 1.29 is 14.7 Å². The van der Waals surface area contributed by atoms with Crippen molar-refractivity contribution in [2.75, 3.05) is 5.43 Å². The normalized spacial score (nSPS) is 10.3. The summed E-state index contributed by atoms with van der Waals surface area (Å²) in [6, 6.07) is 9.78. The lowest BCUT2D eigenvalue weighted by Crippen LogP contribution is -2.30. The summed E-state index contributed by atoms with van der Waals surface area (Å²) >= 11 is 5.84. The molecular weight excluding hydrogens is 294 g/mol. The predicted molar refractivity (Wildman–Crippen MR) is 77.2 cm³/mol. The van der Waals surface area contributed by atoms with Gasteiger partial charge in [-0.15, -0.1) is 0 Å². The zero-order valence-electron chi connectivity index (χ0n) is 11.0. The van der Waals surface area contributed by atoms with Crippen LogP contribution in [0.5, 0.6) is 0 Å². The highest BCUT2D eigenvalue weighted by molar-refractivity contribution is 6.30. The molecule has 0 unspecified atom stereocenters. The van der Waals surface area contributed by atoms with Crippen molar-refractivity contribution in [1.29, 1.82) is 0 Å². The van der Waals surface area contributed by atoms with Crippen LogP contribution < -0.4 is 16.3 Å². The van der Waals surface area contributed by atoms with Crippen LogP contribution in [0.3, 0.4) is 0 Å². The molecule has 0 saturated carbocycles. The van der Waals surface area contributed by atoms with Gasteiger partial charge in [-0.25, -0.2) is 10.2 Å². The van der Waals surface area contributed by atoms with Gasteiger partial charge >= 0.3 is 6.03 Å². The van der Waals surface area contributed by atoms with Gasteiger partial charge in [0.2, 0.25) is 0 Å². The van der Waals surface area contributed by atoms with Gasteiger partial charge in [-0.1, -0.05) is 23.7 Å².